The Labute approximate surface area is 120 Å². The summed E-state index contributed by atoms with van der Waals surface area (Å²) >= 11 is 0. The molecule has 2 aromatic rings. The first-order valence-electron chi connectivity index (χ1n) is 6.81. The van der Waals surface area contributed by atoms with Gasteiger partial charge in [0.05, 0.1) is 0 Å². The predicted molar refractivity (Wildman–Crippen MR) is 77.4 cm³/mol. The lowest BCUT2D eigenvalue weighted by atomic mass is 9.99. The van der Waals surface area contributed by atoms with E-state index in [1.807, 2.05) is 30.3 Å². The summed E-state index contributed by atoms with van der Waals surface area (Å²) in [5.74, 6) is -0.0528. The van der Waals surface area contributed by atoms with Crippen LogP contribution < -0.4 is 11.2 Å². The van der Waals surface area contributed by atoms with Gasteiger partial charge in [-0.25, -0.2) is 4.79 Å². The molecular formula is C15H15N3O3. The number of nitrogens with zero attached hydrogens (tertiary/aromatic N) is 1. The second kappa shape index (κ2) is 5.40. The van der Waals surface area contributed by atoms with Crippen molar-refractivity contribution in [1.29, 1.82) is 0 Å². The molecule has 1 aromatic carbocycles. The van der Waals surface area contributed by atoms with Crippen molar-refractivity contribution in [2.75, 3.05) is 13.1 Å². The van der Waals surface area contributed by atoms with Crippen LogP contribution in [0.2, 0.25) is 0 Å². The fourth-order valence-corrected chi connectivity index (χ4v) is 2.68. The highest BCUT2D eigenvalue weighted by Gasteiger charge is 2.29. The molecule has 0 bridgehead atoms. The standard InChI is InChI=1S/C15H15N3O3/c19-13-12(8-16-15(21)17-13)14(20)18-7-6-11(9-18)10-4-2-1-3-5-10/h1-5,8,11H,6-7,9H2,(H2,16,17,19,21)/t11-/m0/s1. The Hall–Kier alpha value is -2.63. The maximum Gasteiger partial charge on any atom is 0.325 e. The Balaban J connectivity index is 1.78. The average Bonchev–Trinajstić information content (AvgIpc) is 2.97. The molecule has 108 valence electrons. The molecule has 1 saturated heterocycles. The number of aromatic amines is 2. The number of rotatable bonds is 2. The molecule has 0 saturated carbocycles. The number of amides is 1. The molecule has 6 heteroatoms. The number of carbonyl (C=O) groups excluding carboxylic acids is 1. The van der Waals surface area contributed by atoms with Gasteiger partial charge in [0.2, 0.25) is 0 Å². The van der Waals surface area contributed by atoms with E-state index in [4.69, 9.17) is 0 Å². The van der Waals surface area contributed by atoms with E-state index in [1.165, 1.54) is 11.8 Å². The number of H-pyrrole nitrogens is 2. The van der Waals surface area contributed by atoms with Gasteiger partial charge in [0.25, 0.3) is 11.5 Å². The Morgan fingerprint density at radius 3 is 2.67 bits per heavy atom. The van der Waals surface area contributed by atoms with Crippen LogP contribution in [0.3, 0.4) is 0 Å². The molecule has 0 spiro atoms. The van der Waals surface area contributed by atoms with Crippen LogP contribution in [0.25, 0.3) is 0 Å². The van der Waals surface area contributed by atoms with Gasteiger partial charge in [-0.3, -0.25) is 14.6 Å². The molecule has 1 fully saturated rings. The van der Waals surface area contributed by atoms with Gasteiger partial charge in [0.1, 0.15) is 5.56 Å². The van der Waals surface area contributed by atoms with E-state index in [9.17, 15) is 14.4 Å². The quantitative estimate of drug-likeness (QED) is 0.851. The lowest BCUT2D eigenvalue weighted by Gasteiger charge is -2.16. The van der Waals surface area contributed by atoms with Gasteiger partial charge in [0.15, 0.2) is 0 Å². The van der Waals surface area contributed by atoms with Crippen molar-refractivity contribution in [2.45, 2.75) is 12.3 Å². The van der Waals surface area contributed by atoms with Crippen molar-refractivity contribution in [3.8, 4) is 0 Å². The maximum atomic E-state index is 12.3. The van der Waals surface area contributed by atoms with Crippen molar-refractivity contribution in [2.24, 2.45) is 0 Å². The minimum atomic E-state index is -0.646. The Kier molecular flexibility index (Phi) is 3.43. The highest BCUT2D eigenvalue weighted by atomic mass is 16.2. The second-order valence-corrected chi connectivity index (χ2v) is 5.13. The summed E-state index contributed by atoms with van der Waals surface area (Å²) in [6, 6.07) is 10.0. The number of benzene rings is 1. The first kappa shape index (κ1) is 13.4. The molecule has 1 amide bonds. The molecule has 1 atom stereocenters. The van der Waals surface area contributed by atoms with E-state index in [2.05, 4.69) is 9.97 Å². The molecule has 1 aliphatic rings. The Morgan fingerprint density at radius 1 is 1.19 bits per heavy atom. The highest BCUT2D eigenvalue weighted by Crippen LogP contribution is 2.27. The third-order valence-corrected chi connectivity index (χ3v) is 3.80. The SMILES string of the molecule is O=C(c1c[nH]c(=O)[nH]c1=O)N1CC[C@H](c2ccccc2)C1. The van der Waals surface area contributed by atoms with Crippen LogP contribution >= 0.6 is 0 Å². The van der Waals surface area contributed by atoms with Crippen LogP contribution in [0.4, 0.5) is 0 Å². The van der Waals surface area contributed by atoms with Crippen molar-refractivity contribution in [3.05, 3.63) is 68.5 Å². The van der Waals surface area contributed by atoms with Gasteiger partial charge in [-0.1, -0.05) is 30.3 Å². The summed E-state index contributed by atoms with van der Waals surface area (Å²) in [5, 5.41) is 0. The van der Waals surface area contributed by atoms with E-state index in [0.717, 1.165) is 6.42 Å². The Morgan fingerprint density at radius 2 is 1.95 bits per heavy atom. The smallest absolute Gasteiger partial charge is 0.325 e. The van der Waals surface area contributed by atoms with E-state index in [0.29, 0.717) is 13.1 Å². The van der Waals surface area contributed by atoms with E-state index < -0.39 is 11.2 Å². The molecule has 0 aliphatic carbocycles. The number of hydrogen-bond donors (Lipinski definition) is 2. The van der Waals surface area contributed by atoms with Gasteiger partial charge in [0, 0.05) is 25.2 Å². The van der Waals surface area contributed by atoms with Gasteiger partial charge >= 0.3 is 5.69 Å². The van der Waals surface area contributed by atoms with Crippen molar-refractivity contribution >= 4 is 5.91 Å². The number of nitrogens with one attached hydrogen (secondary N) is 2. The van der Waals surface area contributed by atoms with Crippen LogP contribution in [-0.4, -0.2) is 33.9 Å². The molecule has 2 N–H and O–H groups in total. The summed E-state index contributed by atoms with van der Waals surface area (Å²) in [6.07, 6.45) is 2.05. The van der Waals surface area contributed by atoms with Crippen LogP contribution in [0.15, 0.2) is 46.1 Å². The minimum Gasteiger partial charge on any atom is -0.338 e. The number of likely N-dealkylation sites (tertiary alicyclic amines) is 1. The maximum absolute atomic E-state index is 12.3. The summed E-state index contributed by atoms with van der Waals surface area (Å²) < 4.78 is 0. The van der Waals surface area contributed by atoms with Crippen molar-refractivity contribution < 1.29 is 4.79 Å². The second-order valence-electron chi connectivity index (χ2n) is 5.13. The van der Waals surface area contributed by atoms with Crippen LogP contribution in [0.1, 0.15) is 28.3 Å². The summed E-state index contributed by atoms with van der Waals surface area (Å²) in [6.45, 7) is 1.19. The molecular weight excluding hydrogens is 270 g/mol. The van der Waals surface area contributed by atoms with Crippen molar-refractivity contribution in [1.82, 2.24) is 14.9 Å². The molecule has 1 aliphatic heterocycles. The number of hydrogen-bond acceptors (Lipinski definition) is 3. The first-order valence-corrected chi connectivity index (χ1v) is 6.81. The molecule has 21 heavy (non-hydrogen) atoms. The normalized spacial score (nSPS) is 17.9. The van der Waals surface area contributed by atoms with E-state index in [-0.39, 0.29) is 17.4 Å². The third kappa shape index (κ3) is 2.65. The molecule has 3 rings (SSSR count). The topological polar surface area (TPSA) is 86.0 Å². The van der Waals surface area contributed by atoms with Gasteiger partial charge in [-0.15, -0.1) is 0 Å². The van der Waals surface area contributed by atoms with Crippen LogP contribution in [-0.2, 0) is 0 Å². The fourth-order valence-electron chi connectivity index (χ4n) is 2.68. The zero-order chi connectivity index (χ0) is 14.8. The fraction of sp³-hybridized carbons (Fsp3) is 0.267. The summed E-state index contributed by atoms with van der Waals surface area (Å²) in [4.78, 5) is 41.0. The lowest BCUT2D eigenvalue weighted by Crippen LogP contribution is -2.35. The minimum absolute atomic E-state index is 0.0247. The molecule has 6 nitrogen and oxygen atoms in total. The monoisotopic (exact) mass is 285 g/mol. The van der Waals surface area contributed by atoms with Crippen LogP contribution in [0, 0.1) is 0 Å². The van der Waals surface area contributed by atoms with Crippen molar-refractivity contribution in [3.63, 3.8) is 0 Å². The first-order chi connectivity index (χ1) is 10.1. The predicted octanol–water partition coefficient (Wildman–Crippen LogP) is 0.693. The Bertz CT molecular complexity index is 763. The van der Waals surface area contributed by atoms with Gasteiger partial charge in [-0.05, 0) is 12.0 Å². The van der Waals surface area contributed by atoms with Gasteiger partial charge < -0.3 is 9.88 Å². The zero-order valence-corrected chi connectivity index (χ0v) is 11.3. The molecule has 1 aromatic heterocycles. The van der Waals surface area contributed by atoms with E-state index in [1.54, 1.807) is 4.90 Å². The average molecular weight is 285 g/mol. The zero-order valence-electron chi connectivity index (χ0n) is 11.3. The molecule has 0 radical (unpaired) electrons. The lowest BCUT2D eigenvalue weighted by molar-refractivity contribution is 0.0788. The third-order valence-electron chi connectivity index (χ3n) is 3.80. The number of aromatic nitrogens is 2. The highest BCUT2D eigenvalue weighted by molar-refractivity contribution is 5.93. The summed E-state index contributed by atoms with van der Waals surface area (Å²) in [7, 11) is 0. The number of carbonyl (C=O) groups is 1. The van der Waals surface area contributed by atoms with E-state index >= 15 is 0 Å². The van der Waals surface area contributed by atoms with Crippen LogP contribution in [0.5, 0.6) is 0 Å². The largest absolute Gasteiger partial charge is 0.338 e. The van der Waals surface area contributed by atoms with Gasteiger partial charge in [-0.2, -0.15) is 0 Å². The molecule has 2 heterocycles. The summed E-state index contributed by atoms with van der Waals surface area (Å²) in [5.41, 5.74) is -0.0847. The molecule has 0 unspecified atom stereocenters.